The van der Waals surface area contributed by atoms with Gasteiger partial charge >= 0.3 is 0 Å². The van der Waals surface area contributed by atoms with Crippen LogP contribution in [0.2, 0.25) is 0 Å². The van der Waals surface area contributed by atoms with Crippen LogP contribution >= 0.6 is 0 Å². The molecule has 0 bridgehead atoms. The number of rotatable bonds is 4. The third-order valence-corrected chi connectivity index (χ3v) is 7.36. The van der Waals surface area contributed by atoms with E-state index in [0.717, 1.165) is 43.6 Å². The van der Waals surface area contributed by atoms with E-state index in [0.29, 0.717) is 18.5 Å². The van der Waals surface area contributed by atoms with Gasteiger partial charge in [0.25, 0.3) is 0 Å². The Labute approximate surface area is 159 Å². The van der Waals surface area contributed by atoms with E-state index in [1.54, 1.807) is 6.92 Å². The van der Waals surface area contributed by atoms with Crippen molar-refractivity contribution >= 4 is 10.0 Å². The number of imidazole rings is 1. The van der Waals surface area contributed by atoms with Crippen LogP contribution < -0.4 is 0 Å². The van der Waals surface area contributed by atoms with Crippen LogP contribution in [-0.2, 0) is 29.7 Å². The monoisotopic (exact) mass is 392 g/mol. The first-order valence-electron chi connectivity index (χ1n) is 9.47. The Morgan fingerprint density at radius 1 is 1.11 bits per heavy atom. The second-order valence-corrected chi connectivity index (χ2v) is 9.36. The molecular weight excluding hydrogens is 367 g/mol. The zero-order chi connectivity index (χ0) is 19.0. The number of benzene rings is 1. The molecule has 146 valence electrons. The maximum atomic E-state index is 13.9. The van der Waals surface area contributed by atoms with Gasteiger partial charge in [-0.25, -0.2) is 17.8 Å². The van der Waals surface area contributed by atoms with Gasteiger partial charge in [-0.1, -0.05) is 6.07 Å². The van der Waals surface area contributed by atoms with Crippen molar-refractivity contribution in [2.75, 3.05) is 19.6 Å². The van der Waals surface area contributed by atoms with Crippen molar-refractivity contribution in [3.8, 4) is 0 Å². The van der Waals surface area contributed by atoms with E-state index in [4.69, 9.17) is 0 Å². The minimum Gasteiger partial charge on any atom is -0.333 e. The minimum absolute atomic E-state index is 0.0136. The highest BCUT2D eigenvalue weighted by Crippen LogP contribution is 2.25. The van der Waals surface area contributed by atoms with Gasteiger partial charge < -0.3 is 4.57 Å². The Bertz CT molecular complexity index is 935. The fraction of sp³-hybridized carbons (Fsp3) is 0.526. The summed E-state index contributed by atoms with van der Waals surface area (Å²) in [6.07, 6.45) is 4.94. The van der Waals surface area contributed by atoms with Gasteiger partial charge in [0.1, 0.15) is 5.82 Å². The standard InChI is InChI=1S/C19H25FN4O2S/c1-15-5-6-16(11-17(15)20)27(25,26)24-10-4-9-23-14-21-18(19(23)13-24)12-22-7-2-3-8-22/h5-6,11,14H,2-4,7-10,12-13H2,1H3. The first kappa shape index (κ1) is 18.6. The maximum absolute atomic E-state index is 13.9. The average molecular weight is 393 g/mol. The second-order valence-electron chi connectivity index (χ2n) is 7.42. The molecule has 27 heavy (non-hydrogen) atoms. The number of sulfonamides is 1. The molecule has 4 rings (SSSR count). The highest BCUT2D eigenvalue weighted by molar-refractivity contribution is 7.89. The Kier molecular flexibility index (Phi) is 5.05. The summed E-state index contributed by atoms with van der Waals surface area (Å²) in [7, 11) is -3.75. The fourth-order valence-corrected chi connectivity index (χ4v) is 5.31. The van der Waals surface area contributed by atoms with Crippen LogP contribution in [0.25, 0.3) is 0 Å². The first-order chi connectivity index (χ1) is 12.9. The third kappa shape index (κ3) is 3.66. The Morgan fingerprint density at radius 2 is 1.89 bits per heavy atom. The molecule has 0 radical (unpaired) electrons. The van der Waals surface area contributed by atoms with Crippen LogP contribution in [0.1, 0.15) is 36.2 Å². The normalized spacial score (nSPS) is 19.2. The van der Waals surface area contributed by atoms with Gasteiger partial charge in [-0.3, -0.25) is 4.90 Å². The molecule has 0 N–H and O–H groups in total. The lowest BCUT2D eigenvalue weighted by atomic mass is 10.2. The molecule has 0 spiro atoms. The summed E-state index contributed by atoms with van der Waals surface area (Å²) in [4.78, 5) is 6.93. The van der Waals surface area contributed by atoms with Crippen LogP contribution in [0.3, 0.4) is 0 Å². The number of nitrogens with zero attached hydrogens (tertiary/aromatic N) is 4. The summed E-state index contributed by atoms with van der Waals surface area (Å²) in [5, 5.41) is 0. The lowest BCUT2D eigenvalue weighted by Gasteiger charge is -2.21. The van der Waals surface area contributed by atoms with Gasteiger partial charge in [-0.15, -0.1) is 0 Å². The molecule has 3 heterocycles. The Hall–Kier alpha value is -1.77. The van der Waals surface area contributed by atoms with E-state index < -0.39 is 15.8 Å². The fourth-order valence-electron chi connectivity index (χ4n) is 3.86. The van der Waals surface area contributed by atoms with E-state index in [1.165, 1.54) is 29.3 Å². The van der Waals surface area contributed by atoms with Gasteiger partial charge in [0.15, 0.2) is 0 Å². The van der Waals surface area contributed by atoms with Gasteiger partial charge in [0.05, 0.1) is 29.2 Å². The summed E-state index contributed by atoms with van der Waals surface area (Å²) in [6, 6.07) is 4.13. The summed E-state index contributed by atoms with van der Waals surface area (Å²) in [5.74, 6) is -0.495. The summed E-state index contributed by atoms with van der Waals surface area (Å²) >= 11 is 0. The molecule has 2 aliphatic heterocycles. The van der Waals surface area contributed by atoms with E-state index >= 15 is 0 Å². The molecular formula is C19H25FN4O2S. The zero-order valence-electron chi connectivity index (χ0n) is 15.6. The van der Waals surface area contributed by atoms with E-state index in [9.17, 15) is 12.8 Å². The molecule has 0 amide bonds. The molecule has 0 atom stereocenters. The molecule has 1 aromatic carbocycles. The van der Waals surface area contributed by atoms with Gasteiger partial charge in [0, 0.05) is 19.6 Å². The number of aromatic nitrogens is 2. The molecule has 1 aromatic heterocycles. The molecule has 0 aliphatic carbocycles. The molecule has 0 saturated carbocycles. The predicted molar refractivity (Wildman–Crippen MR) is 100 cm³/mol. The third-order valence-electron chi connectivity index (χ3n) is 5.52. The molecule has 8 heteroatoms. The van der Waals surface area contributed by atoms with E-state index in [2.05, 4.69) is 14.5 Å². The minimum atomic E-state index is -3.75. The van der Waals surface area contributed by atoms with Gasteiger partial charge in [0.2, 0.25) is 10.0 Å². The number of aryl methyl sites for hydroxylation is 2. The van der Waals surface area contributed by atoms with Gasteiger partial charge in [-0.2, -0.15) is 4.31 Å². The molecule has 6 nitrogen and oxygen atoms in total. The van der Waals surface area contributed by atoms with Crippen molar-refractivity contribution in [1.82, 2.24) is 18.8 Å². The number of fused-ring (bicyclic) bond motifs is 1. The lowest BCUT2D eigenvalue weighted by molar-refractivity contribution is 0.324. The lowest BCUT2D eigenvalue weighted by Crippen LogP contribution is -2.31. The number of hydrogen-bond donors (Lipinski definition) is 0. The van der Waals surface area contributed by atoms with Crippen LogP contribution in [0.5, 0.6) is 0 Å². The average Bonchev–Trinajstić information content (AvgIpc) is 3.22. The second kappa shape index (κ2) is 7.33. The van der Waals surface area contributed by atoms with Crippen molar-refractivity contribution in [1.29, 1.82) is 0 Å². The molecule has 2 aliphatic rings. The summed E-state index contributed by atoms with van der Waals surface area (Å²) < 4.78 is 43.7. The number of halogens is 1. The van der Waals surface area contributed by atoms with Crippen LogP contribution in [0.15, 0.2) is 29.4 Å². The number of hydrogen-bond acceptors (Lipinski definition) is 4. The largest absolute Gasteiger partial charge is 0.333 e. The van der Waals surface area contributed by atoms with Crippen LogP contribution in [0.4, 0.5) is 4.39 Å². The summed E-state index contributed by atoms with van der Waals surface area (Å²) in [6.45, 7) is 5.96. The zero-order valence-corrected chi connectivity index (χ0v) is 16.4. The van der Waals surface area contributed by atoms with Crippen molar-refractivity contribution in [3.63, 3.8) is 0 Å². The maximum Gasteiger partial charge on any atom is 0.243 e. The van der Waals surface area contributed by atoms with Crippen molar-refractivity contribution in [3.05, 3.63) is 47.3 Å². The van der Waals surface area contributed by atoms with Crippen molar-refractivity contribution in [2.45, 2.75) is 50.7 Å². The molecule has 1 saturated heterocycles. The Balaban J connectivity index is 1.62. The summed E-state index contributed by atoms with van der Waals surface area (Å²) in [5.41, 5.74) is 2.35. The predicted octanol–water partition coefficient (Wildman–Crippen LogP) is 2.52. The van der Waals surface area contributed by atoms with Gasteiger partial charge in [-0.05, 0) is 57.0 Å². The highest BCUT2D eigenvalue weighted by atomic mass is 32.2. The van der Waals surface area contributed by atoms with Crippen molar-refractivity contribution < 1.29 is 12.8 Å². The van der Waals surface area contributed by atoms with E-state index in [-0.39, 0.29) is 11.4 Å². The smallest absolute Gasteiger partial charge is 0.243 e. The van der Waals surface area contributed by atoms with Crippen molar-refractivity contribution in [2.24, 2.45) is 0 Å². The molecule has 2 aromatic rings. The Morgan fingerprint density at radius 3 is 2.63 bits per heavy atom. The molecule has 1 fully saturated rings. The first-order valence-corrected chi connectivity index (χ1v) is 10.9. The SMILES string of the molecule is Cc1ccc(S(=O)(=O)N2CCCn3cnc(CN4CCCC4)c3C2)cc1F. The van der Waals surface area contributed by atoms with E-state index in [1.807, 2.05) is 6.33 Å². The highest BCUT2D eigenvalue weighted by Gasteiger charge is 2.30. The quantitative estimate of drug-likeness (QED) is 0.802. The topological polar surface area (TPSA) is 58.4 Å². The van der Waals surface area contributed by atoms with Crippen LogP contribution in [0, 0.1) is 12.7 Å². The molecule has 0 unspecified atom stereocenters. The number of likely N-dealkylation sites (tertiary alicyclic amines) is 1. The van der Waals surface area contributed by atoms with Crippen LogP contribution in [-0.4, -0.2) is 46.8 Å².